The van der Waals surface area contributed by atoms with E-state index in [-0.39, 0.29) is 16.8 Å². The molecular formula is C24H24N2O6. The van der Waals surface area contributed by atoms with E-state index in [2.05, 4.69) is 4.90 Å². The van der Waals surface area contributed by atoms with Crippen LogP contribution in [0, 0.1) is 10.1 Å². The molecule has 0 radical (unpaired) electrons. The van der Waals surface area contributed by atoms with Gasteiger partial charge in [-0.05, 0) is 55.3 Å². The van der Waals surface area contributed by atoms with Crippen molar-refractivity contribution in [3.05, 3.63) is 74.1 Å². The van der Waals surface area contributed by atoms with Crippen molar-refractivity contribution in [1.82, 2.24) is 4.90 Å². The molecule has 1 fully saturated rings. The van der Waals surface area contributed by atoms with Crippen LogP contribution in [0.15, 0.2) is 51.7 Å². The van der Waals surface area contributed by atoms with E-state index in [1.165, 1.54) is 37.5 Å². The molecule has 1 aromatic heterocycles. The number of aromatic carboxylic acids is 1. The van der Waals surface area contributed by atoms with Crippen molar-refractivity contribution in [1.29, 1.82) is 0 Å². The lowest BCUT2D eigenvalue weighted by Crippen LogP contribution is -2.33. The van der Waals surface area contributed by atoms with Gasteiger partial charge in [0.1, 0.15) is 5.58 Å². The molecule has 8 nitrogen and oxygen atoms in total. The number of nitro benzene ring substituents is 1. The van der Waals surface area contributed by atoms with Crippen LogP contribution in [0.3, 0.4) is 0 Å². The summed E-state index contributed by atoms with van der Waals surface area (Å²) in [7, 11) is 2.02. The molecule has 3 aromatic rings. The maximum atomic E-state index is 12.8. The minimum absolute atomic E-state index is 0.135. The average Bonchev–Trinajstić information content (AvgIpc) is 2.78. The molecule has 0 unspecified atom stereocenters. The first-order valence-corrected chi connectivity index (χ1v) is 10.6. The zero-order chi connectivity index (χ0) is 22.8. The SMILES string of the molecule is CN(Cc1cc(C(=O)O)ccc1-c1cc2ccc([N+](=O)[O-])cc2oc1=O)C1CCCCC1. The molecule has 1 aliphatic carbocycles. The highest BCUT2D eigenvalue weighted by molar-refractivity contribution is 5.90. The van der Waals surface area contributed by atoms with Crippen LogP contribution in [-0.2, 0) is 6.54 Å². The molecule has 0 aliphatic heterocycles. The predicted molar refractivity (Wildman–Crippen MR) is 120 cm³/mol. The number of hydrogen-bond donors (Lipinski definition) is 1. The van der Waals surface area contributed by atoms with Crippen LogP contribution >= 0.6 is 0 Å². The van der Waals surface area contributed by atoms with Crippen molar-refractivity contribution in [3.8, 4) is 11.1 Å². The number of carboxylic acids is 1. The molecular weight excluding hydrogens is 412 g/mol. The third kappa shape index (κ3) is 4.40. The number of rotatable bonds is 6. The largest absolute Gasteiger partial charge is 0.478 e. The fourth-order valence-corrected chi connectivity index (χ4v) is 4.44. The van der Waals surface area contributed by atoms with Crippen molar-refractivity contribution in [2.75, 3.05) is 7.05 Å². The maximum absolute atomic E-state index is 12.8. The number of benzene rings is 2. The Hall–Kier alpha value is -3.52. The zero-order valence-electron chi connectivity index (χ0n) is 17.7. The molecule has 1 N–H and O–H groups in total. The Morgan fingerprint density at radius 2 is 1.88 bits per heavy atom. The van der Waals surface area contributed by atoms with Crippen molar-refractivity contribution in [2.24, 2.45) is 0 Å². The average molecular weight is 436 g/mol. The summed E-state index contributed by atoms with van der Waals surface area (Å²) in [6.45, 7) is 0.499. The molecule has 166 valence electrons. The minimum atomic E-state index is -1.03. The van der Waals surface area contributed by atoms with Gasteiger partial charge in [0.2, 0.25) is 0 Å². The zero-order valence-corrected chi connectivity index (χ0v) is 17.7. The minimum Gasteiger partial charge on any atom is -0.478 e. The summed E-state index contributed by atoms with van der Waals surface area (Å²) in [5.41, 5.74) is 1.14. The molecule has 0 spiro atoms. The molecule has 32 heavy (non-hydrogen) atoms. The van der Waals surface area contributed by atoms with E-state index in [0.717, 1.165) is 18.4 Å². The van der Waals surface area contributed by atoms with E-state index in [1.54, 1.807) is 24.3 Å². The van der Waals surface area contributed by atoms with Gasteiger partial charge in [-0.2, -0.15) is 0 Å². The highest BCUT2D eigenvalue weighted by Crippen LogP contribution is 2.30. The lowest BCUT2D eigenvalue weighted by atomic mass is 9.93. The topological polar surface area (TPSA) is 114 Å². The first-order chi connectivity index (χ1) is 15.3. The van der Waals surface area contributed by atoms with Gasteiger partial charge in [-0.15, -0.1) is 0 Å². The smallest absolute Gasteiger partial charge is 0.344 e. The number of hydrogen-bond acceptors (Lipinski definition) is 6. The molecule has 4 rings (SSSR count). The van der Waals surface area contributed by atoms with Gasteiger partial charge in [0.15, 0.2) is 0 Å². The maximum Gasteiger partial charge on any atom is 0.344 e. The van der Waals surface area contributed by atoms with E-state index in [0.29, 0.717) is 29.1 Å². The lowest BCUT2D eigenvalue weighted by molar-refractivity contribution is -0.384. The summed E-state index contributed by atoms with van der Waals surface area (Å²) >= 11 is 0. The summed E-state index contributed by atoms with van der Waals surface area (Å²) < 4.78 is 5.40. The van der Waals surface area contributed by atoms with Crippen LogP contribution in [0.25, 0.3) is 22.1 Å². The van der Waals surface area contributed by atoms with E-state index >= 15 is 0 Å². The Bertz CT molecular complexity index is 1240. The van der Waals surface area contributed by atoms with Gasteiger partial charge in [-0.1, -0.05) is 25.3 Å². The van der Waals surface area contributed by atoms with E-state index in [9.17, 15) is 24.8 Å². The fourth-order valence-electron chi connectivity index (χ4n) is 4.44. The molecule has 1 saturated carbocycles. The van der Waals surface area contributed by atoms with E-state index < -0.39 is 16.5 Å². The van der Waals surface area contributed by atoms with Gasteiger partial charge in [-0.3, -0.25) is 15.0 Å². The van der Waals surface area contributed by atoms with Crippen LogP contribution in [0.1, 0.15) is 48.0 Å². The fraction of sp³-hybridized carbons (Fsp3) is 0.333. The number of carbonyl (C=O) groups is 1. The quantitative estimate of drug-likeness (QED) is 0.334. The summed E-state index contributed by atoms with van der Waals surface area (Å²) in [5, 5.41) is 21.0. The van der Waals surface area contributed by atoms with E-state index in [1.807, 2.05) is 7.05 Å². The van der Waals surface area contributed by atoms with Crippen molar-refractivity contribution >= 4 is 22.6 Å². The van der Waals surface area contributed by atoms with Crippen LogP contribution < -0.4 is 5.63 Å². The molecule has 1 aliphatic rings. The second-order valence-corrected chi connectivity index (χ2v) is 8.31. The number of nitrogens with zero attached hydrogens (tertiary/aromatic N) is 2. The van der Waals surface area contributed by atoms with Crippen LogP contribution in [0.5, 0.6) is 0 Å². The summed E-state index contributed by atoms with van der Waals surface area (Å²) in [6, 6.07) is 10.9. The van der Waals surface area contributed by atoms with Gasteiger partial charge >= 0.3 is 11.6 Å². The molecule has 0 atom stereocenters. The predicted octanol–water partition coefficient (Wildman–Crippen LogP) is 4.83. The first kappa shape index (κ1) is 21.7. The van der Waals surface area contributed by atoms with Gasteiger partial charge in [0.25, 0.3) is 5.69 Å². The van der Waals surface area contributed by atoms with E-state index in [4.69, 9.17) is 4.42 Å². The second-order valence-electron chi connectivity index (χ2n) is 8.31. The summed E-state index contributed by atoms with van der Waals surface area (Å²) in [5.74, 6) is -1.03. The Labute approximate surface area is 184 Å². The molecule has 0 amide bonds. The van der Waals surface area contributed by atoms with Gasteiger partial charge in [0, 0.05) is 24.0 Å². The Balaban J connectivity index is 1.78. The summed E-state index contributed by atoms with van der Waals surface area (Å²) in [6.07, 6.45) is 5.79. The third-order valence-corrected chi connectivity index (χ3v) is 6.19. The first-order valence-electron chi connectivity index (χ1n) is 10.6. The van der Waals surface area contributed by atoms with Crippen LogP contribution in [-0.4, -0.2) is 34.0 Å². The van der Waals surface area contributed by atoms with Crippen molar-refractivity contribution in [3.63, 3.8) is 0 Å². The van der Waals surface area contributed by atoms with Gasteiger partial charge in [0.05, 0.1) is 22.1 Å². The normalized spacial score (nSPS) is 14.7. The second kappa shape index (κ2) is 8.92. The highest BCUT2D eigenvalue weighted by atomic mass is 16.6. The Morgan fingerprint density at radius 1 is 1.12 bits per heavy atom. The molecule has 8 heteroatoms. The van der Waals surface area contributed by atoms with Gasteiger partial charge < -0.3 is 9.52 Å². The van der Waals surface area contributed by atoms with Crippen LogP contribution in [0.2, 0.25) is 0 Å². The molecule has 1 heterocycles. The molecule has 0 bridgehead atoms. The Kier molecular flexibility index (Phi) is 6.05. The standard InChI is InChI=1S/C24H24N2O6/c1-25(18-5-3-2-4-6-18)14-17-11-16(23(27)28)8-10-20(17)21-12-15-7-9-19(26(30)31)13-22(15)32-24(21)29/h7-13,18H,2-6,14H2,1H3,(H,27,28). The molecule has 0 saturated heterocycles. The van der Waals surface area contributed by atoms with Gasteiger partial charge in [-0.25, -0.2) is 9.59 Å². The molecule has 2 aromatic carbocycles. The third-order valence-electron chi connectivity index (χ3n) is 6.19. The number of carboxylic acid groups (broad SMARTS) is 1. The van der Waals surface area contributed by atoms with Crippen LogP contribution in [0.4, 0.5) is 5.69 Å². The monoisotopic (exact) mass is 436 g/mol. The summed E-state index contributed by atoms with van der Waals surface area (Å²) in [4.78, 5) is 37.1. The lowest BCUT2D eigenvalue weighted by Gasteiger charge is -2.31. The number of fused-ring (bicyclic) bond motifs is 1. The number of non-ortho nitro benzene ring substituents is 1. The Morgan fingerprint density at radius 3 is 2.56 bits per heavy atom. The highest BCUT2D eigenvalue weighted by Gasteiger charge is 2.21. The van der Waals surface area contributed by atoms with Crippen molar-refractivity contribution in [2.45, 2.75) is 44.7 Å². The number of nitro groups is 1. The van der Waals surface area contributed by atoms with Crippen molar-refractivity contribution < 1.29 is 19.2 Å².